The molecule has 1 aromatic carbocycles. The number of rotatable bonds is 5. The summed E-state index contributed by atoms with van der Waals surface area (Å²) >= 11 is 5.84. The number of hydrogen-bond acceptors (Lipinski definition) is 2. The molecule has 0 amide bonds. The van der Waals surface area contributed by atoms with Gasteiger partial charge in [0.05, 0.1) is 18.2 Å². The summed E-state index contributed by atoms with van der Waals surface area (Å²) in [6.07, 6.45) is 0. The number of hydrogen-bond donors (Lipinski definition) is 0. The summed E-state index contributed by atoms with van der Waals surface area (Å²) in [5.74, 6) is 0.221. The Balaban J connectivity index is 2.58. The first-order chi connectivity index (χ1) is 10.1. The van der Waals surface area contributed by atoms with E-state index in [1.807, 2.05) is 18.2 Å². The Morgan fingerprint density at radius 3 is 2.52 bits per heavy atom. The number of nitrogens with zero attached hydrogens (tertiary/aromatic N) is 1. The number of ether oxygens (including phenoxy) is 1. The lowest BCUT2D eigenvalue weighted by atomic mass is 10.0. The van der Waals surface area contributed by atoms with Crippen LogP contribution in [0.3, 0.4) is 0 Å². The molecule has 0 spiro atoms. The zero-order valence-electron chi connectivity index (χ0n) is 12.6. The molecule has 0 radical (unpaired) electrons. The van der Waals surface area contributed by atoms with E-state index in [4.69, 9.17) is 16.3 Å². The van der Waals surface area contributed by atoms with E-state index >= 15 is 0 Å². The van der Waals surface area contributed by atoms with E-state index in [1.165, 1.54) is 11.1 Å². The first-order valence-electron chi connectivity index (χ1n) is 6.93. The molecule has 21 heavy (non-hydrogen) atoms. The van der Waals surface area contributed by atoms with Crippen LogP contribution in [0.2, 0.25) is 0 Å². The number of aryl methyl sites for hydroxylation is 2. The number of alkyl halides is 1. The topological polar surface area (TPSA) is 31.2 Å². The number of aromatic nitrogens is 1. The molecule has 0 aliphatic rings. The van der Waals surface area contributed by atoms with Crippen LogP contribution in [0.25, 0.3) is 11.3 Å². The Kier molecular flexibility index (Phi) is 5.21. The van der Waals surface area contributed by atoms with Crippen LogP contribution in [0.15, 0.2) is 35.1 Å². The molecular weight excluding hydrogens is 286 g/mol. The minimum atomic E-state index is -0.0437. The Labute approximate surface area is 130 Å². The lowest BCUT2D eigenvalue weighted by Gasteiger charge is -2.15. The van der Waals surface area contributed by atoms with Crippen LogP contribution in [0.4, 0.5) is 0 Å². The largest absolute Gasteiger partial charge is 0.383 e. The molecule has 112 valence electrons. The van der Waals surface area contributed by atoms with E-state index in [0.717, 1.165) is 11.3 Å². The standard InChI is InChI=1S/C17H20ClNO2/c1-12-4-5-14(10-13(12)2)16-7-6-15(11-18)17(20)19(16)8-9-21-3/h4-7,10H,8-9,11H2,1-3H3. The predicted molar refractivity (Wildman–Crippen MR) is 87.0 cm³/mol. The van der Waals surface area contributed by atoms with Gasteiger partial charge >= 0.3 is 0 Å². The lowest BCUT2D eigenvalue weighted by Crippen LogP contribution is -2.26. The van der Waals surface area contributed by atoms with Crippen LogP contribution < -0.4 is 5.56 Å². The van der Waals surface area contributed by atoms with Crippen molar-refractivity contribution in [1.82, 2.24) is 4.57 Å². The molecular formula is C17H20ClNO2. The predicted octanol–water partition coefficient (Wildman–Crippen LogP) is 3.52. The van der Waals surface area contributed by atoms with Gasteiger partial charge < -0.3 is 9.30 Å². The van der Waals surface area contributed by atoms with Crippen molar-refractivity contribution < 1.29 is 4.74 Å². The van der Waals surface area contributed by atoms with Crippen molar-refractivity contribution in [1.29, 1.82) is 0 Å². The summed E-state index contributed by atoms with van der Waals surface area (Å²) in [6.45, 7) is 5.16. The molecule has 0 unspecified atom stereocenters. The van der Waals surface area contributed by atoms with E-state index in [-0.39, 0.29) is 11.4 Å². The van der Waals surface area contributed by atoms with E-state index in [1.54, 1.807) is 11.7 Å². The Hall–Kier alpha value is -1.58. The molecule has 0 saturated heterocycles. The number of pyridine rings is 1. The third-order valence-corrected chi connectivity index (χ3v) is 4.01. The molecule has 0 atom stereocenters. The van der Waals surface area contributed by atoms with Gasteiger partial charge in [-0.05, 0) is 42.7 Å². The second-order valence-electron chi connectivity index (χ2n) is 5.13. The molecule has 0 aliphatic heterocycles. The molecule has 1 aromatic heterocycles. The summed E-state index contributed by atoms with van der Waals surface area (Å²) in [6, 6.07) is 9.99. The maximum atomic E-state index is 12.5. The van der Waals surface area contributed by atoms with Crippen molar-refractivity contribution in [2.75, 3.05) is 13.7 Å². The second-order valence-corrected chi connectivity index (χ2v) is 5.39. The van der Waals surface area contributed by atoms with Gasteiger partial charge in [0.15, 0.2) is 0 Å². The van der Waals surface area contributed by atoms with Crippen LogP contribution >= 0.6 is 11.6 Å². The highest BCUT2D eigenvalue weighted by Crippen LogP contribution is 2.22. The summed E-state index contributed by atoms with van der Waals surface area (Å²) in [4.78, 5) is 12.5. The van der Waals surface area contributed by atoms with Crippen molar-refractivity contribution in [2.45, 2.75) is 26.3 Å². The smallest absolute Gasteiger partial charge is 0.255 e. The molecule has 0 bridgehead atoms. The first-order valence-corrected chi connectivity index (χ1v) is 7.47. The van der Waals surface area contributed by atoms with Crippen molar-refractivity contribution in [3.8, 4) is 11.3 Å². The molecule has 0 aliphatic carbocycles. The van der Waals surface area contributed by atoms with Crippen LogP contribution in [0.5, 0.6) is 0 Å². The van der Waals surface area contributed by atoms with Gasteiger partial charge in [0, 0.05) is 19.2 Å². The minimum Gasteiger partial charge on any atom is -0.383 e. The number of halogens is 1. The van der Waals surface area contributed by atoms with Gasteiger partial charge in [-0.3, -0.25) is 4.79 Å². The van der Waals surface area contributed by atoms with Gasteiger partial charge in [-0.2, -0.15) is 0 Å². The van der Waals surface area contributed by atoms with Gasteiger partial charge in [-0.1, -0.05) is 18.2 Å². The number of methoxy groups -OCH3 is 1. The lowest BCUT2D eigenvalue weighted by molar-refractivity contribution is 0.186. The van der Waals surface area contributed by atoms with Crippen molar-refractivity contribution in [2.24, 2.45) is 0 Å². The molecule has 0 N–H and O–H groups in total. The monoisotopic (exact) mass is 305 g/mol. The molecule has 2 aromatic rings. The van der Waals surface area contributed by atoms with Crippen molar-refractivity contribution in [3.63, 3.8) is 0 Å². The zero-order valence-corrected chi connectivity index (χ0v) is 13.4. The van der Waals surface area contributed by atoms with E-state index in [0.29, 0.717) is 18.7 Å². The highest BCUT2D eigenvalue weighted by Gasteiger charge is 2.10. The van der Waals surface area contributed by atoms with E-state index in [2.05, 4.69) is 26.0 Å². The maximum Gasteiger partial charge on any atom is 0.255 e. The fraction of sp³-hybridized carbons (Fsp3) is 0.353. The minimum absolute atomic E-state index is 0.0437. The Morgan fingerprint density at radius 1 is 1.14 bits per heavy atom. The Morgan fingerprint density at radius 2 is 1.90 bits per heavy atom. The van der Waals surface area contributed by atoms with Crippen molar-refractivity contribution >= 4 is 11.6 Å². The molecule has 4 heteroatoms. The highest BCUT2D eigenvalue weighted by atomic mass is 35.5. The van der Waals surface area contributed by atoms with E-state index < -0.39 is 0 Å². The van der Waals surface area contributed by atoms with Gasteiger partial charge in [-0.15, -0.1) is 11.6 Å². The van der Waals surface area contributed by atoms with Gasteiger partial charge in [-0.25, -0.2) is 0 Å². The van der Waals surface area contributed by atoms with Gasteiger partial charge in [0.1, 0.15) is 0 Å². The van der Waals surface area contributed by atoms with Crippen LogP contribution in [0.1, 0.15) is 16.7 Å². The maximum absolute atomic E-state index is 12.5. The number of benzene rings is 1. The molecule has 1 heterocycles. The third-order valence-electron chi connectivity index (χ3n) is 3.72. The molecule has 0 saturated carbocycles. The van der Waals surface area contributed by atoms with Crippen LogP contribution in [0, 0.1) is 13.8 Å². The highest BCUT2D eigenvalue weighted by molar-refractivity contribution is 6.17. The fourth-order valence-corrected chi connectivity index (χ4v) is 2.49. The van der Waals surface area contributed by atoms with Gasteiger partial charge in [0.25, 0.3) is 5.56 Å². The Bertz CT molecular complexity index is 692. The van der Waals surface area contributed by atoms with Crippen LogP contribution in [-0.4, -0.2) is 18.3 Å². The normalized spacial score (nSPS) is 10.9. The van der Waals surface area contributed by atoms with Crippen LogP contribution in [-0.2, 0) is 17.2 Å². The average Bonchev–Trinajstić information content (AvgIpc) is 2.48. The summed E-state index contributed by atoms with van der Waals surface area (Å²) in [7, 11) is 1.63. The summed E-state index contributed by atoms with van der Waals surface area (Å²) in [5, 5.41) is 0. The first kappa shape index (κ1) is 15.8. The van der Waals surface area contributed by atoms with Gasteiger partial charge in [0.2, 0.25) is 0 Å². The quantitative estimate of drug-likeness (QED) is 0.792. The zero-order chi connectivity index (χ0) is 15.4. The second kappa shape index (κ2) is 6.92. The van der Waals surface area contributed by atoms with Crippen molar-refractivity contribution in [3.05, 3.63) is 57.4 Å². The summed E-state index contributed by atoms with van der Waals surface area (Å²) < 4.78 is 6.86. The third kappa shape index (κ3) is 3.36. The fourth-order valence-electron chi connectivity index (χ4n) is 2.28. The SMILES string of the molecule is COCCn1c(-c2ccc(C)c(C)c2)ccc(CCl)c1=O. The average molecular weight is 306 g/mol. The summed E-state index contributed by atoms with van der Waals surface area (Å²) in [5.41, 5.74) is 4.95. The van der Waals surface area contributed by atoms with E-state index in [9.17, 15) is 4.79 Å². The molecule has 3 nitrogen and oxygen atoms in total. The molecule has 2 rings (SSSR count). The molecule has 0 fully saturated rings.